The van der Waals surface area contributed by atoms with Gasteiger partial charge in [0.05, 0.1) is 15.6 Å². The molecule has 1 saturated heterocycles. The molecule has 150 valence electrons. The lowest BCUT2D eigenvalue weighted by atomic mass is 10.1. The second kappa shape index (κ2) is 8.78. The van der Waals surface area contributed by atoms with Crippen molar-refractivity contribution in [3.8, 4) is 5.75 Å². The van der Waals surface area contributed by atoms with Gasteiger partial charge < -0.3 is 4.74 Å². The summed E-state index contributed by atoms with van der Waals surface area (Å²) in [6, 6.07) is 22.4. The maximum atomic E-state index is 12.8. The number of para-hydroxylation sites is 1. The van der Waals surface area contributed by atoms with Gasteiger partial charge in [-0.2, -0.15) is 0 Å². The van der Waals surface area contributed by atoms with E-state index < -0.39 is 0 Å². The molecule has 3 aromatic carbocycles. The van der Waals surface area contributed by atoms with Crippen LogP contribution in [0.25, 0.3) is 6.08 Å². The number of imide groups is 1. The third-order valence-electron chi connectivity index (χ3n) is 4.59. The zero-order valence-electron chi connectivity index (χ0n) is 16.2. The molecule has 0 saturated carbocycles. The maximum Gasteiger partial charge on any atom is 0.298 e. The van der Waals surface area contributed by atoms with Crippen molar-refractivity contribution in [3.05, 3.63) is 99.4 Å². The van der Waals surface area contributed by atoms with Crippen LogP contribution in [0.5, 0.6) is 5.75 Å². The number of benzene rings is 3. The normalized spacial score (nSPS) is 15.1. The van der Waals surface area contributed by atoms with Crippen LogP contribution in [-0.4, -0.2) is 11.1 Å². The molecule has 0 aliphatic carbocycles. The molecule has 1 fully saturated rings. The highest BCUT2D eigenvalue weighted by Crippen LogP contribution is 2.38. The van der Waals surface area contributed by atoms with Crippen molar-refractivity contribution in [1.29, 1.82) is 0 Å². The summed E-state index contributed by atoms with van der Waals surface area (Å²) in [6.07, 6.45) is 1.70. The maximum absolute atomic E-state index is 12.8. The number of ether oxygens (including phenoxy) is 1. The first-order chi connectivity index (χ1) is 14.5. The van der Waals surface area contributed by atoms with Gasteiger partial charge in [-0.25, -0.2) is 4.90 Å². The van der Waals surface area contributed by atoms with Crippen LogP contribution in [0.2, 0.25) is 5.02 Å². The number of carbonyl (C=O) groups excluding carboxylic acids is 2. The lowest BCUT2D eigenvalue weighted by Gasteiger charge is -2.13. The first-order valence-corrected chi connectivity index (χ1v) is 10.5. The predicted octanol–water partition coefficient (Wildman–Crippen LogP) is 6.47. The number of halogens is 1. The van der Waals surface area contributed by atoms with Gasteiger partial charge in [0.2, 0.25) is 0 Å². The topological polar surface area (TPSA) is 46.6 Å². The molecular weight excluding hydrogens is 418 g/mol. The van der Waals surface area contributed by atoms with E-state index in [0.717, 1.165) is 33.5 Å². The van der Waals surface area contributed by atoms with E-state index in [-0.39, 0.29) is 11.1 Å². The summed E-state index contributed by atoms with van der Waals surface area (Å²) in [5.74, 6) is 0.356. The Morgan fingerprint density at radius 3 is 2.37 bits per heavy atom. The van der Waals surface area contributed by atoms with E-state index in [4.69, 9.17) is 16.3 Å². The van der Waals surface area contributed by atoms with Crippen molar-refractivity contribution in [2.75, 3.05) is 4.90 Å². The van der Waals surface area contributed by atoms with Gasteiger partial charge in [-0.1, -0.05) is 65.7 Å². The number of aryl methyl sites for hydroxylation is 1. The third-order valence-corrected chi connectivity index (χ3v) is 5.78. The summed E-state index contributed by atoms with van der Waals surface area (Å²) in [5.41, 5.74) is 3.51. The Bertz CT molecular complexity index is 1120. The van der Waals surface area contributed by atoms with Crippen molar-refractivity contribution < 1.29 is 14.3 Å². The van der Waals surface area contributed by atoms with E-state index in [1.807, 2.05) is 43.3 Å². The molecule has 0 unspecified atom stereocenters. The van der Waals surface area contributed by atoms with Crippen LogP contribution in [0.4, 0.5) is 10.5 Å². The molecule has 0 atom stereocenters. The van der Waals surface area contributed by atoms with Crippen LogP contribution in [0.3, 0.4) is 0 Å². The molecule has 2 amide bonds. The van der Waals surface area contributed by atoms with Crippen LogP contribution >= 0.6 is 23.4 Å². The Kier molecular flexibility index (Phi) is 5.93. The van der Waals surface area contributed by atoms with Crippen LogP contribution in [-0.2, 0) is 11.4 Å². The van der Waals surface area contributed by atoms with E-state index in [2.05, 4.69) is 12.1 Å². The minimum atomic E-state index is -0.377. The molecule has 0 N–H and O–H groups in total. The number of hydrogen-bond donors (Lipinski definition) is 0. The highest BCUT2D eigenvalue weighted by molar-refractivity contribution is 8.19. The highest BCUT2D eigenvalue weighted by Gasteiger charge is 2.37. The molecule has 0 radical (unpaired) electrons. The molecule has 1 aliphatic rings. The van der Waals surface area contributed by atoms with Crippen molar-refractivity contribution in [3.63, 3.8) is 0 Å². The third kappa shape index (κ3) is 4.42. The van der Waals surface area contributed by atoms with E-state index in [0.29, 0.717) is 22.2 Å². The minimum absolute atomic E-state index is 0.355. The fourth-order valence-electron chi connectivity index (χ4n) is 2.97. The number of anilines is 1. The Morgan fingerprint density at radius 1 is 0.967 bits per heavy atom. The van der Waals surface area contributed by atoms with Crippen LogP contribution < -0.4 is 9.64 Å². The van der Waals surface area contributed by atoms with Crippen LogP contribution in [0.1, 0.15) is 16.7 Å². The monoisotopic (exact) mass is 435 g/mol. The van der Waals surface area contributed by atoms with Crippen LogP contribution in [0.15, 0.2) is 77.7 Å². The smallest absolute Gasteiger partial charge is 0.298 e. The fraction of sp³-hybridized carbons (Fsp3) is 0.0833. The van der Waals surface area contributed by atoms with E-state index >= 15 is 0 Å². The lowest BCUT2D eigenvalue weighted by molar-refractivity contribution is -0.113. The van der Waals surface area contributed by atoms with E-state index in [1.165, 1.54) is 5.56 Å². The molecule has 0 bridgehead atoms. The number of rotatable bonds is 5. The SMILES string of the molecule is Cc1ccc(COc2ccc(/C=C3\SC(=O)N(c4ccccc4Cl)C3=O)cc2)cc1. The summed E-state index contributed by atoms with van der Waals surface area (Å²) >= 11 is 7.05. The van der Waals surface area contributed by atoms with Crippen molar-refractivity contribution >= 4 is 46.3 Å². The molecule has 1 heterocycles. The Morgan fingerprint density at radius 2 is 1.67 bits per heavy atom. The molecule has 0 spiro atoms. The van der Waals surface area contributed by atoms with Crippen molar-refractivity contribution in [2.24, 2.45) is 0 Å². The van der Waals surface area contributed by atoms with Gasteiger partial charge >= 0.3 is 0 Å². The van der Waals surface area contributed by atoms with Gasteiger partial charge in [-0.3, -0.25) is 9.59 Å². The van der Waals surface area contributed by atoms with Gasteiger partial charge in [0.25, 0.3) is 11.1 Å². The summed E-state index contributed by atoms with van der Waals surface area (Å²) in [4.78, 5) is 26.6. The van der Waals surface area contributed by atoms with Gasteiger partial charge in [-0.05, 0) is 60.2 Å². The number of hydrogen-bond acceptors (Lipinski definition) is 4. The van der Waals surface area contributed by atoms with Gasteiger partial charge in [-0.15, -0.1) is 0 Å². The number of thioether (sulfide) groups is 1. The molecule has 0 aromatic heterocycles. The Hall–Kier alpha value is -3.02. The summed E-state index contributed by atoms with van der Waals surface area (Å²) in [5, 5.41) is -0.00599. The van der Waals surface area contributed by atoms with Crippen molar-refractivity contribution in [2.45, 2.75) is 13.5 Å². The second-order valence-electron chi connectivity index (χ2n) is 6.81. The Balaban J connectivity index is 1.46. The molecule has 3 aromatic rings. The first kappa shape index (κ1) is 20.3. The quantitative estimate of drug-likeness (QED) is 0.431. The van der Waals surface area contributed by atoms with Gasteiger partial charge in [0, 0.05) is 0 Å². The predicted molar refractivity (Wildman–Crippen MR) is 122 cm³/mol. The van der Waals surface area contributed by atoms with Crippen LogP contribution in [0, 0.1) is 6.92 Å². The average Bonchev–Trinajstić information content (AvgIpc) is 3.02. The standard InChI is InChI=1S/C24H18ClNO3S/c1-16-6-8-18(9-7-16)15-29-19-12-10-17(11-13-19)14-22-23(27)26(24(28)30-22)21-5-3-2-4-20(21)25/h2-14H,15H2,1H3/b22-14-. The van der Waals surface area contributed by atoms with Crippen molar-refractivity contribution in [1.82, 2.24) is 0 Å². The van der Waals surface area contributed by atoms with Gasteiger partial charge in [0.1, 0.15) is 12.4 Å². The molecule has 6 heteroatoms. The zero-order chi connectivity index (χ0) is 21.1. The zero-order valence-corrected chi connectivity index (χ0v) is 17.7. The summed E-state index contributed by atoms with van der Waals surface area (Å²) in [7, 11) is 0. The lowest BCUT2D eigenvalue weighted by Crippen LogP contribution is -2.27. The highest BCUT2D eigenvalue weighted by atomic mass is 35.5. The number of amides is 2. The number of nitrogens with zero attached hydrogens (tertiary/aromatic N) is 1. The molecule has 4 nitrogen and oxygen atoms in total. The first-order valence-electron chi connectivity index (χ1n) is 9.32. The second-order valence-corrected chi connectivity index (χ2v) is 8.21. The molecule has 4 rings (SSSR count). The van der Waals surface area contributed by atoms with Gasteiger partial charge in [0.15, 0.2) is 0 Å². The summed E-state index contributed by atoms with van der Waals surface area (Å²) < 4.78 is 5.81. The van der Waals surface area contributed by atoms with E-state index in [1.54, 1.807) is 30.3 Å². The molecular formula is C24H18ClNO3S. The molecule has 1 aliphatic heterocycles. The Labute approximate surface area is 184 Å². The fourth-order valence-corrected chi connectivity index (χ4v) is 4.03. The summed E-state index contributed by atoms with van der Waals surface area (Å²) in [6.45, 7) is 2.53. The van der Waals surface area contributed by atoms with E-state index in [9.17, 15) is 9.59 Å². The average molecular weight is 436 g/mol. The molecule has 30 heavy (non-hydrogen) atoms. The minimum Gasteiger partial charge on any atom is -0.489 e. The largest absolute Gasteiger partial charge is 0.489 e. The number of carbonyl (C=O) groups is 2.